The van der Waals surface area contributed by atoms with E-state index in [1.165, 1.54) is 6.07 Å². The summed E-state index contributed by atoms with van der Waals surface area (Å²) >= 11 is 0. The molecule has 5 nitrogen and oxygen atoms in total. The third-order valence-corrected chi connectivity index (χ3v) is 1.99. The second-order valence-corrected chi connectivity index (χ2v) is 4.94. The van der Waals surface area contributed by atoms with Crippen LogP contribution in [0, 0.1) is 5.82 Å². The fourth-order valence-corrected chi connectivity index (χ4v) is 1.41. The Morgan fingerprint density at radius 1 is 1.32 bits per heavy atom. The number of ether oxygens (including phenoxy) is 2. The molecule has 1 aromatic carbocycles. The number of hydrogen-bond donors (Lipinski definition) is 1. The molecule has 19 heavy (non-hydrogen) atoms. The number of carbonyl (C=O) groups is 2. The summed E-state index contributed by atoms with van der Waals surface area (Å²) in [5, 5.41) is 0. The average Bonchev–Trinajstić information content (AvgIpc) is 2.18. The van der Waals surface area contributed by atoms with E-state index in [2.05, 4.69) is 4.74 Å². The van der Waals surface area contributed by atoms with Crippen LogP contribution in [-0.2, 0) is 16.0 Å². The third-order valence-electron chi connectivity index (χ3n) is 1.99. The molecule has 0 aliphatic heterocycles. The van der Waals surface area contributed by atoms with Crippen LogP contribution in [0.5, 0.6) is 5.75 Å². The summed E-state index contributed by atoms with van der Waals surface area (Å²) in [6, 6.07) is 3.50. The zero-order chi connectivity index (χ0) is 14.6. The molecule has 0 aromatic heterocycles. The summed E-state index contributed by atoms with van der Waals surface area (Å²) in [6.07, 6.45) is -1.21. The first-order valence-corrected chi connectivity index (χ1v) is 5.65. The molecule has 0 fully saturated rings. The molecule has 0 heterocycles. The van der Waals surface area contributed by atoms with Gasteiger partial charge < -0.3 is 15.2 Å². The first-order chi connectivity index (χ1) is 8.67. The maximum absolute atomic E-state index is 13.1. The van der Waals surface area contributed by atoms with Gasteiger partial charge in [-0.15, -0.1) is 0 Å². The van der Waals surface area contributed by atoms with Gasteiger partial charge in [0.1, 0.15) is 17.2 Å². The van der Waals surface area contributed by atoms with Crippen molar-refractivity contribution in [2.45, 2.75) is 32.8 Å². The first kappa shape index (κ1) is 14.9. The van der Waals surface area contributed by atoms with Crippen LogP contribution in [0.2, 0.25) is 0 Å². The quantitative estimate of drug-likeness (QED) is 0.853. The average molecular weight is 269 g/mol. The minimum absolute atomic E-state index is 0.0849. The molecular weight excluding hydrogens is 253 g/mol. The Hall–Kier alpha value is -2.11. The maximum Gasteiger partial charge on any atom is 0.409 e. The molecule has 0 atom stereocenters. The number of nitrogens with two attached hydrogens (primary N) is 1. The molecule has 0 saturated heterocycles. The van der Waals surface area contributed by atoms with Gasteiger partial charge in [0.25, 0.3) is 0 Å². The van der Waals surface area contributed by atoms with E-state index >= 15 is 0 Å². The Morgan fingerprint density at radius 3 is 2.47 bits per heavy atom. The lowest BCUT2D eigenvalue weighted by Gasteiger charge is -2.19. The van der Waals surface area contributed by atoms with Crippen molar-refractivity contribution >= 4 is 12.1 Å². The maximum atomic E-state index is 13.1. The predicted molar refractivity (Wildman–Crippen MR) is 66.2 cm³/mol. The monoisotopic (exact) mass is 269 g/mol. The highest BCUT2D eigenvalue weighted by molar-refractivity contribution is 5.75. The zero-order valence-electron chi connectivity index (χ0n) is 11.0. The van der Waals surface area contributed by atoms with Crippen LogP contribution in [0.25, 0.3) is 0 Å². The van der Waals surface area contributed by atoms with Crippen LogP contribution in [-0.4, -0.2) is 17.7 Å². The van der Waals surface area contributed by atoms with Crippen LogP contribution in [0.1, 0.15) is 26.3 Å². The summed E-state index contributed by atoms with van der Waals surface area (Å²) in [5.41, 5.74) is 4.58. The van der Waals surface area contributed by atoms with Crippen molar-refractivity contribution < 1.29 is 23.5 Å². The molecule has 0 spiro atoms. The Bertz CT molecular complexity index is 494. The SMILES string of the molecule is CC(C)(C)OC(=O)Cc1ccc(F)cc1OC(N)=O. The van der Waals surface area contributed by atoms with E-state index in [4.69, 9.17) is 10.5 Å². The molecule has 1 aromatic rings. The number of esters is 1. The fraction of sp³-hybridized carbons (Fsp3) is 0.385. The summed E-state index contributed by atoms with van der Waals surface area (Å²) in [4.78, 5) is 22.4. The van der Waals surface area contributed by atoms with Gasteiger partial charge in [-0.2, -0.15) is 0 Å². The van der Waals surface area contributed by atoms with Crippen LogP contribution in [0.4, 0.5) is 9.18 Å². The van der Waals surface area contributed by atoms with E-state index in [1.807, 2.05) is 0 Å². The Morgan fingerprint density at radius 2 is 1.95 bits per heavy atom. The Balaban J connectivity index is 2.88. The highest BCUT2D eigenvalue weighted by atomic mass is 19.1. The fourth-order valence-electron chi connectivity index (χ4n) is 1.41. The number of rotatable bonds is 3. The largest absolute Gasteiger partial charge is 0.460 e. The van der Waals surface area contributed by atoms with E-state index < -0.39 is 23.5 Å². The standard InChI is InChI=1S/C13H16FNO4/c1-13(2,3)19-11(16)6-8-4-5-9(14)7-10(8)18-12(15)17/h4-5,7H,6H2,1-3H3,(H2,15,17). The second kappa shape index (κ2) is 5.69. The van der Waals surface area contributed by atoms with E-state index in [0.29, 0.717) is 5.56 Å². The number of hydrogen-bond acceptors (Lipinski definition) is 4. The smallest absolute Gasteiger partial charge is 0.409 e. The normalized spacial score (nSPS) is 10.9. The van der Waals surface area contributed by atoms with Crippen molar-refractivity contribution in [3.8, 4) is 5.75 Å². The molecule has 104 valence electrons. The third kappa shape index (κ3) is 5.37. The van der Waals surface area contributed by atoms with Crippen molar-refractivity contribution in [3.05, 3.63) is 29.6 Å². The van der Waals surface area contributed by atoms with E-state index in [0.717, 1.165) is 12.1 Å². The van der Waals surface area contributed by atoms with Gasteiger partial charge in [0.15, 0.2) is 0 Å². The number of amides is 1. The molecule has 0 unspecified atom stereocenters. The highest BCUT2D eigenvalue weighted by Gasteiger charge is 2.19. The number of primary amides is 1. The van der Waals surface area contributed by atoms with Gasteiger partial charge in [0, 0.05) is 11.6 Å². The summed E-state index contributed by atoms with van der Waals surface area (Å²) in [5.74, 6) is -1.18. The van der Waals surface area contributed by atoms with Crippen molar-refractivity contribution in [1.82, 2.24) is 0 Å². The van der Waals surface area contributed by atoms with Crippen LogP contribution in [0.3, 0.4) is 0 Å². The van der Waals surface area contributed by atoms with Gasteiger partial charge in [-0.3, -0.25) is 4.79 Å². The summed E-state index contributed by atoms with van der Waals surface area (Å²) in [6.45, 7) is 5.20. The molecule has 1 rings (SSSR count). The molecule has 6 heteroatoms. The topological polar surface area (TPSA) is 78.6 Å². The zero-order valence-corrected chi connectivity index (χ0v) is 11.0. The Kier molecular flexibility index (Phi) is 4.47. The van der Waals surface area contributed by atoms with E-state index in [1.54, 1.807) is 20.8 Å². The molecule has 0 radical (unpaired) electrons. The van der Waals surface area contributed by atoms with Gasteiger partial charge >= 0.3 is 12.1 Å². The minimum Gasteiger partial charge on any atom is -0.460 e. The van der Waals surface area contributed by atoms with Crippen LogP contribution < -0.4 is 10.5 Å². The van der Waals surface area contributed by atoms with Gasteiger partial charge in [0.05, 0.1) is 6.42 Å². The molecule has 0 bridgehead atoms. The lowest BCUT2D eigenvalue weighted by molar-refractivity contribution is -0.153. The lowest BCUT2D eigenvalue weighted by Crippen LogP contribution is -2.25. The first-order valence-electron chi connectivity index (χ1n) is 5.65. The van der Waals surface area contributed by atoms with Gasteiger partial charge in [-0.05, 0) is 26.8 Å². The molecule has 1 amide bonds. The molecule has 0 aliphatic carbocycles. The van der Waals surface area contributed by atoms with E-state index in [9.17, 15) is 14.0 Å². The van der Waals surface area contributed by atoms with E-state index in [-0.39, 0.29) is 12.2 Å². The number of carbonyl (C=O) groups excluding carboxylic acids is 2. The predicted octanol–water partition coefficient (Wildman–Crippen LogP) is 2.17. The number of halogens is 1. The lowest BCUT2D eigenvalue weighted by atomic mass is 10.1. The van der Waals surface area contributed by atoms with Gasteiger partial charge in [0.2, 0.25) is 0 Å². The van der Waals surface area contributed by atoms with Crippen LogP contribution >= 0.6 is 0 Å². The highest BCUT2D eigenvalue weighted by Crippen LogP contribution is 2.22. The second-order valence-electron chi connectivity index (χ2n) is 4.94. The van der Waals surface area contributed by atoms with Crippen LogP contribution in [0.15, 0.2) is 18.2 Å². The molecule has 0 saturated carbocycles. The van der Waals surface area contributed by atoms with Crippen molar-refractivity contribution in [3.63, 3.8) is 0 Å². The Labute approximate surface area is 110 Å². The summed E-state index contributed by atoms with van der Waals surface area (Å²) < 4.78 is 22.8. The van der Waals surface area contributed by atoms with Gasteiger partial charge in [-0.25, -0.2) is 9.18 Å². The van der Waals surface area contributed by atoms with Crippen molar-refractivity contribution in [2.24, 2.45) is 5.73 Å². The van der Waals surface area contributed by atoms with Crippen molar-refractivity contribution in [2.75, 3.05) is 0 Å². The molecule has 0 aliphatic rings. The number of benzene rings is 1. The van der Waals surface area contributed by atoms with Gasteiger partial charge in [-0.1, -0.05) is 6.07 Å². The molecule has 2 N–H and O–H groups in total. The minimum atomic E-state index is -1.07. The summed E-state index contributed by atoms with van der Waals surface area (Å²) in [7, 11) is 0. The van der Waals surface area contributed by atoms with Crippen molar-refractivity contribution in [1.29, 1.82) is 0 Å². The molecular formula is C13H16FNO4.